The molecule has 0 aliphatic carbocycles. The number of hydrogen-bond donors (Lipinski definition) is 0. The van der Waals surface area contributed by atoms with Gasteiger partial charge in [-0.05, 0) is 37.3 Å². The van der Waals surface area contributed by atoms with E-state index in [9.17, 15) is 0 Å². The van der Waals surface area contributed by atoms with Crippen LogP contribution in [0.3, 0.4) is 0 Å². The minimum atomic E-state index is 0.509. The average molecular weight is 318 g/mol. The Bertz CT molecular complexity index is 565. The Morgan fingerprint density at radius 2 is 1.53 bits per heavy atom. The smallest absolute Gasteiger partial charge is 0.169 e. The van der Waals surface area contributed by atoms with Crippen LogP contribution >= 0.6 is 34.8 Å². The fourth-order valence-corrected chi connectivity index (χ4v) is 2.22. The third-order valence-corrected chi connectivity index (χ3v) is 2.94. The number of ether oxygens (including phenoxy) is 2. The third kappa shape index (κ3) is 3.93. The van der Waals surface area contributed by atoms with Crippen LogP contribution in [0.15, 0.2) is 36.4 Å². The van der Waals surface area contributed by atoms with Crippen LogP contribution in [0.2, 0.25) is 15.1 Å². The molecule has 19 heavy (non-hydrogen) atoms. The molecular weight excluding hydrogens is 307 g/mol. The van der Waals surface area contributed by atoms with Crippen molar-refractivity contribution in [3.05, 3.63) is 51.5 Å². The summed E-state index contributed by atoms with van der Waals surface area (Å²) in [7, 11) is 0. The van der Waals surface area contributed by atoms with Crippen molar-refractivity contribution >= 4 is 34.8 Å². The van der Waals surface area contributed by atoms with Gasteiger partial charge in [0.1, 0.15) is 5.75 Å². The van der Waals surface area contributed by atoms with E-state index in [1.54, 1.807) is 36.4 Å². The van der Waals surface area contributed by atoms with Crippen molar-refractivity contribution in [2.24, 2.45) is 0 Å². The standard InChI is InChI=1S/C14H11Cl3O2/c1-2-18-14-8-9(15)3-4-13(14)19-12-6-10(16)5-11(17)7-12/h3-8H,2H2,1H3. The first-order chi connectivity index (χ1) is 9.08. The molecule has 0 bridgehead atoms. The van der Waals surface area contributed by atoms with E-state index in [2.05, 4.69) is 0 Å². The van der Waals surface area contributed by atoms with Crippen LogP contribution in [0.4, 0.5) is 0 Å². The molecule has 0 N–H and O–H groups in total. The molecule has 0 saturated carbocycles. The van der Waals surface area contributed by atoms with Crippen molar-refractivity contribution < 1.29 is 9.47 Å². The SMILES string of the molecule is CCOc1cc(Cl)ccc1Oc1cc(Cl)cc(Cl)c1. The molecule has 0 unspecified atom stereocenters. The molecule has 2 rings (SSSR count). The molecule has 100 valence electrons. The van der Waals surface area contributed by atoms with Gasteiger partial charge in [-0.15, -0.1) is 0 Å². The lowest BCUT2D eigenvalue weighted by atomic mass is 10.3. The predicted octanol–water partition coefficient (Wildman–Crippen LogP) is 5.84. The fraction of sp³-hybridized carbons (Fsp3) is 0.143. The first kappa shape index (κ1) is 14.3. The summed E-state index contributed by atoms with van der Waals surface area (Å²) in [5.41, 5.74) is 0. The molecule has 0 aliphatic rings. The van der Waals surface area contributed by atoms with Gasteiger partial charge in [-0.25, -0.2) is 0 Å². The molecule has 2 nitrogen and oxygen atoms in total. The average Bonchev–Trinajstić information content (AvgIpc) is 2.32. The highest BCUT2D eigenvalue weighted by molar-refractivity contribution is 6.34. The molecule has 0 atom stereocenters. The molecule has 0 fully saturated rings. The Balaban J connectivity index is 2.31. The normalized spacial score (nSPS) is 10.3. The number of halogens is 3. The summed E-state index contributed by atoms with van der Waals surface area (Å²) < 4.78 is 11.2. The first-order valence-corrected chi connectivity index (χ1v) is 6.78. The molecule has 0 amide bonds. The molecule has 2 aromatic carbocycles. The van der Waals surface area contributed by atoms with Crippen LogP contribution in [0.5, 0.6) is 17.2 Å². The van der Waals surface area contributed by atoms with Crippen LogP contribution < -0.4 is 9.47 Å². The van der Waals surface area contributed by atoms with E-state index in [0.717, 1.165) is 0 Å². The van der Waals surface area contributed by atoms with E-state index in [1.165, 1.54) is 0 Å². The van der Waals surface area contributed by atoms with Gasteiger partial charge >= 0.3 is 0 Å². The molecule has 5 heteroatoms. The van der Waals surface area contributed by atoms with E-state index in [-0.39, 0.29) is 0 Å². The summed E-state index contributed by atoms with van der Waals surface area (Å²) in [6.07, 6.45) is 0. The first-order valence-electron chi connectivity index (χ1n) is 5.65. The second-order valence-electron chi connectivity index (χ2n) is 3.73. The molecule has 0 saturated heterocycles. The van der Waals surface area contributed by atoms with Crippen molar-refractivity contribution in [2.75, 3.05) is 6.61 Å². The van der Waals surface area contributed by atoms with Gasteiger partial charge in [0.2, 0.25) is 0 Å². The molecule has 0 radical (unpaired) electrons. The molecule has 2 aromatic rings. The Hall–Kier alpha value is -1.09. The van der Waals surface area contributed by atoms with Gasteiger partial charge in [0.15, 0.2) is 11.5 Å². The van der Waals surface area contributed by atoms with Gasteiger partial charge < -0.3 is 9.47 Å². The zero-order valence-electron chi connectivity index (χ0n) is 10.1. The largest absolute Gasteiger partial charge is 0.490 e. The molecule has 0 aliphatic heterocycles. The Kier molecular flexibility index (Phi) is 4.81. The van der Waals surface area contributed by atoms with Crippen molar-refractivity contribution in [3.63, 3.8) is 0 Å². The zero-order valence-corrected chi connectivity index (χ0v) is 12.4. The summed E-state index contributed by atoms with van der Waals surface area (Å²) in [6.45, 7) is 2.41. The number of rotatable bonds is 4. The van der Waals surface area contributed by atoms with Crippen molar-refractivity contribution in [2.45, 2.75) is 6.92 Å². The maximum absolute atomic E-state index is 5.93. The Morgan fingerprint density at radius 3 is 2.16 bits per heavy atom. The maximum Gasteiger partial charge on any atom is 0.169 e. The van der Waals surface area contributed by atoms with Crippen LogP contribution in [0, 0.1) is 0 Å². The Morgan fingerprint density at radius 1 is 0.842 bits per heavy atom. The summed E-state index contributed by atoms with van der Waals surface area (Å²) in [4.78, 5) is 0. The molecule has 0 aromatic heterocycles. The predicted molar refractivity (Wildman–Crippen MR) is 79.2 cm³/mol. The van der Waals surface area contributed by atoms with Crippen LogP contribution in [-0.4, -0.2) is 6.61 Å². The third-order valence-electron chi connectivity index (χ3n) is 2.27. The van der Waals surface area contributed by atoms with Crippen LogP contribution in [0.25, 0.3) is 0 Å². The number of benzene rings is 2. The second kappa shape index (κ2) is 6.38. The van der Waals surface area contributed by atoms with Gasteiger partial charge in [-0.2, -0.15) is 0 Å². The summed E-state index contributed by atoms with van der Waals surface area (Å²) in [6, 6.07) is 10.2. The number of hydrogen-bond acceptors (Lipinski definition) is 2. The quantitative estimate of drug-likeness (QED) is 0.705. The van der Waals surface area contributed by atoms with E-state index >= 15 is 0 Å². The highest BCUT2D eigenvalue weighted by Gasteiger charge is 2.08. The summed E-state index contributed by atoms with van der Waals surface area (Å²) in [5, 5.41) is 1.60. The van der Waals surface area contributed by atoms with E-state index in [4.69, 9.17) is 44.3 Å². The van der Waals surface area contributed by atoms with Gasteiger partial charge in [-0.3, -0.25) is 0 Å². The van der Waals surface area contributed by atoms with E-state index in [0.29, 0.717) is 38.9 Å². The summed E-state index contributed by atoms with van der Waals surface area (Å²) >= 11 is 17.8. The van der Waals surface area contributed by atoms with Gasteiger partial charge in [0.25, 0.3) is 0 Å². The lowest BCUT2D eigenvalue weighted by Gasteiger charge is -2.12. The van der Waals surface area contributed by atoms with Gasteiger partial charge in [0, 0.05) is 21.1 Å². The van der Waals surface area contributed by atoms with Gasteiger partial charge in [-0.1, -0.05) is 34.8 Å². The highest BCUT2D eigenvalue weighted by Crippen LogP contribution is 2.35. The maximum atomic E-state index is 5.93. The minimum Gasteiger partial charge on any atom is -0.490 e. The minimum absolute atomic E-state index is 0.509. The lowest BCUT2D eigenvalue weighted by molar-refractivity contribution is 0.321. The molecule has 0 spiro atoms. The monoisotopic (exact) mass is 316 g/mol. The van der Waals surface area contributed by atoms with Crippen LogP contribution in [-0.2, 0) is 0 Å². The zero-order chi connectivity index (χ0) is 13.8. The Labute approximate surface area is 126 Å². The van der Waals surface area contributed by atoms with Crippen molar-refractivity contribution in [1.82, 2.24) is 0 Å². The fourth-order valence-electron chi connectivity index (χ4n) is 1.55. The second-order valence-corrected chi connectivity index (χ2v) is 5.04. The summed E-state index contributed by atoms with van der Waals surface area (Å²) in [5.74, 6) is 1.68. The molecular formula is C14H11Cl3O2. The van der Waals surface area contributed by atoms with E-state index in [1.807, 2.05) is 6.92 Å². The molecule has 0 heterocycles. The lowest BCUT2D eigenvalue weighted by Crippen LogP contribution is -1.95. The van der Waals surface area contributed by atoms with Crippen LogP contribution in [0.1, 0.15) is 6.92 Å². The topological polar surface area (TPSA) is 18.5 Å². The van der Waals surface area contributed by atoms with E-state index < -0.39 is 0 Å². The van der Waals surface area contributed by atoms with Gasteiger partial charge in [0.05, 0.1) is 6.61 Å². The van der Waals surface area contributed by atoms with Crippen molar-refractivity contribution in [3.8, 4) is 17.2 Å². The highest BCUT2D eigenvalue weighted by atomic mass is 35.5. The van der Waals surface area contributed by atoms with Crippen molar-refractivity contribution in [1.29, 1.82) is 0 Å².